The highest BCUT2D eigenvalue weighted by molar-refractivity contribution is 5.79. The van der Waals surface area contributed by atoms with Crippen molar-refractivity contribution in [2.75, 3.05) is 20.3 Å². The lowest BCUT2D eigenvalue weighted by Crippen LogP contribution is -2.14. The number of benzene rings is 2. The van der Waals surface area contributed by atoms with Gasteiger partial charge in [0.15, 0.2) is 0 Å². The van der Waals surface area contributed by atoms with E-state index in [9.17, 15) is 0 Å². The van der Waals surface area contributed by atoms with Crippen LogP contribution in [0.25, 0.3) is 22.5 Å². The molecule has 2 aromatic carbocycles. The quantitative estimate of drug-likeness (QED) is 0.617. The van der Waals surface area contributed by atoms with Gasteiger partial charge in [0.2, 0.25) is 0 Å². The van der Waals surface area contributed by atoms with Crippen LogP contribution < -0.4 is 0 Å². The third-order valence-corrected chi connectivity index (χ3v) is 4.69. The van der Waals surface area contributed by atoms with E-state index >= 15 is 0 Å². The van der Waals surface area contributed by atoms with E-state index < -0.39 is 0 Å². The van der Waals surface area contributed by atoms with E-state index in [1.807, 2.05) is 36.7 Å². The van der Waals surface area contributed by atoms with E-state index in [2.05, 4.69) is 47.6 Å². The molecular weight excluding hydrogens is 348 g/mol. The number of aromatic nitrogens is 2. The number of aliphatic hydroxyl groups excluding tert-OH is 1. The monoisotopic (exact) mass is 374 g/mol. The summed E-state index contributed by atoms with van der Waals surface area (Å²) in [5, 5.41) is 8.88. The number of rotatable bonds is 7. The molecule has 3 rings (SSSR count). The summed E-state index contributed by atoms with van der Waals surface area (Å²) in [6.07, 6.45) is 3.36. The molecule has 0 aliphatic rings. The Labute approximate surface area is 166 Å². The van der Waals surface area contributed by atoms with Crippen molar-refractivity contribution in [3.05, 3.63) is 66.5 Å². The summed E-state index contributed by atoms with van der Waals surface area (Å²) in [5.74, 6) is 6.05. The molecule has 1 aromatic heterocycles. The maximum atomic E-state index is 8.88. The minimum atomic E-state index is 0.0859. The average Bonchev–Trinajstić information content (AvgIpc) is 3.18. The van der Waals surface area contributed by atoms with Gasteiger partial charge in [-0.3, -0.25) is 0 Å². The molecule has 4 heteroatoms. The number of aliphatic hydroxyl groups is 1. The van der Waals surface area contributed by atoms with Crippen molar-refractivity contribution in [1.82, 2.24) is 9.55 Å². The highest BCUT2D eigenvalue weighted by Crippen LogP contribution is 2.34. The second kappa shape index (κ2) is 9.89. The molecule has 1 heterocycles. The van der Waals surface area contributed by atoms with Crippen molar-refractivity contribution in [2.24, 2.45) is 0 Å². The first-order chi connectivity index (χ1) is 13.8. The first-order valence-corrected chi connectivity index (χ1v) is 9.59. The van der Waals surface area contributed by atoms with Gasteiger partial charge >= 0.3 is 0 Å². The van der Waals surface area contributed by atoms with E-state index in [0.717, 1.165) is 34.5 Å². The molecule has 0 saturated carbocycles. The Hall–Kier alpha value is -2.87. The highest BCUT2D eigenvalue weighted by Gasteiger charge is 2.19. The minimum Gasteiger partial charge on any atom is -0.395 e. The number of imidazole rings is 1. The van der Waals surface area contributed by atoms with E-state index in [4.69, 9.17) is 14.8 Å². The molecule has 0 radical (unpaired) electrons. The average molecular weight is 374 g/mol. The summed E-state index contributed by atoms with van der Waals surface area (Å²) in [6.45, 7) is 2.89. The molecule has 4 nitrogen and oxygen atoms in total. The zero-order chi connectivity index (χ0) is 19.8. The number of methoxy groups -OCH3 is 1. The van der Waals surface area contributed by atoms with Gasteiger partial charge in [0.1, 0.15) is 0 Å². The molecular formula is C24H26N2O2. The maximum Gasteiger partial charge on any atom is 0.0963 e. The smallest absolute Gasteiger partial charge is 0.0963 e. The first kappa shape index (κ1) is 19.9. The van der Waals surface area contributed by atoms with E-state index in [0.29, 0.717) is 13.0 Å². The summed E-state index contributed by atoms with van der Waals surface area (Å²) in [5.41, 5.74) is 5.18. The zero-order valence-corrected chi connectivity index (χ0v) is 16.4. The van der Waals surface area contributed by atoms with Crippen LogP contribution in [0.1, 0.15) is 31.4 Å². The van der Waals surface area contributed by atoms with Crippen LogP contribution in [0.15, 0.2) is 60.9 Å². The zero-order valence-electron chi connectivity index (χ0n) is 16.4. The van der Waals surface area contributed by atoms with Gasteiger partial charge in [0.05, 0.1) is 37.0 Å². The number of ether oxygens (including phenoxy) is 1. The Bertz CT molecular complexity index is 934. The number of nitrogens with zero attached hydrogens (tertiary/aromatic N) is 2. The van der Waals surface area contributed by atoms with Crippen LogP contribution in [0.5, 0.6) is 0 Å². The molecule has 1 N–H and O–H groups in total. The van der Waals surface area contributed by atoms with Crippen molar-refractivity contribution < 1.29 is 9.84 Å². The Morgan fingerprint density at radius 2 is 1.82 bits per heavy atom. The lowest BCUT2D eigenvalue weighted by Gasteiger charge is -2.19. The van der Waals surface area contributed by atoms with Crippen molar-refractivity contribution >= 4 is 0 Å². The Kier molecular flexibility index (Phi) is 7.02. The normalized spacial score (nSPS) is 11.7. The van der Waals surface area contributed by atoms with Gasteiger partial charge in [0.25, 0.3) is 0 Å². The van der Waals surface area contributed by atoms with Crippen molar-refractivity contribution in [1.29, 1.82) is 0 Å². The molecule has 3 aromatic rings. The Morgan fingerprint density at radius 3 is 2.46 bits per heavy atom. The van der Waals surface area contributed by atoms with Crippen molar-refractivity contribution in [3.8, 4) is 34.4 Å². The Balaban J connectivity index is 2.06. The van der Waals surface area contributed by atoms with Gasteiger partial charge in [-0.05, 0) is 18.6 Å². The fraction of sp³-hybridized carbons (Fsp3) is 0.292. The van der Waals surface area contributed by atoms with Crippen LogP contribution in [0.3, 0.4) is 0 Å². The maximum absolute atomic E-state index is 8.88. The molecule has 0 unspecified atom stereocenters. The fourth-order valence-corrected chi connectivity index (χ4v) is 3.25. The topological polar surface area (TPSA) is 47.3 Å². The molecule has 0 amide bonds. The molecule has 1 atom stereocenters. The molecule has 28 heavy (non-hydrogen) atoms. The van der Waals surface area contributed by atoms with Crippen LogP contribution in [0.2, 0.25) is 0 Å². The summed E-state index contributed by atoms with van der Waals surface area (Å²) >= 11 is 0. The third-order valence-electron chi connectivity index (χ3n) is 4.69. The van der Waals surface area contributed by atoms with Gasteiger partial charge in [-0.25, -0.2) is 4.98 Å². The molecule has 0 fully saturated rings. The molecule has 144 valence electrons. The highest BCUT2D eigenvalue weighted by atomic mass is 16.5. The Morgan fingerprint density at radius 1 is 1.07 bits per heavy atom. The van der Waals surface area contributed by atoms with Crippen LogP contribution in [-0.4, -0.2) is 35.0 Å². The molecule has 0 aliphatic heterocycles. The lowest BCUT2D eigenvalue weighted by molar-refractivity contribution is 0.154. The summed E-state index contributed by atoms with van der Waals surface area (Å²) < 4.78 is 7.66. The van der Waals surface area contributed by atoms with E-state index in [1.165, 1.54) is 0 Å². The lowest BCUT2D eigenvalue weighted by atomic mass is 10.0. The first-order valence-electron chi connectivity index (χ1n) is 9.59. The predicted octanol–water partition coefficient (Wildman–Crippen LogP) is 4.55. The molecule has 0 spiro atoms. The van der Waals surface area contributed by atoms with Gasteiger partial charge in [-0.2, -0.15) is 0 Å². The van der Waals surface area contributed by atoms with E-state index in [1.54, 1.807) is 7.11 Å². The van der Waals surface area contributed by atoms with Crippen molar-refractivity contribution in [2.45, 2.75) is 25.8 Å². The van der Waals surface area contributed by atoms with Gasteiger partial charge < -0.3 is 14.4 Å². The second-order valence-corrected chi connectivity index (χ2v) is 6.59. The third kappa shape index (κ3) is 4.51. The second-order valence-electron chi connectivity index (χ2n) is 6.59. The standard InChI is InChI=1S/C24H26N2O2/c1-3-22(17-28-2)26-18-25-23(20-10-5-4-6-11-20)24(26)21-14-12-19(13-15-21)9-7-8-16-27/h4-6,10-15,18,22,27H,3,8,16-17H2,1-2H3/t22-/m0/s1. The molecule has 0 aliphatic carbocycles. The van der Waals surface area contributed by atoms with Gasteiger partial charge in [0, 0.05) is 30.2 Å². The summed E-state index contributed by atoms with van der Waals surface area (Å²) in [4.78, 5) is 4.75. The summed E-state index contributed by atoms with van der Waals surface area (Å²) in [7, 11) is 1.73. The van der Waals surface area contributed by atoms with Crippen molar-refractivity contribution in [3.63, 3.8) is 0 Å². The van der Waals surface area contributed by atoms with Crippen LogP contribution >= 0.6 is 0 Å². The largest absolute Gasteiger partial charge is 0.395 e. The molecule has 0 saturated heterocycles. The van der Waals surface area contributed by atoms with Gasteiger partial charge in [-0.1, -0.05) is 61.2 Å². The molecule has 0 bridgehead atoms. The number of hydrogen-bond donors (Lipinski definition) is 1. The fourth-order valence-electron chi connectivity index (χ4n) is 3.25. The van der Waals surface area contributed by atoms with Crippen LogP contribution in [0, 0.1) is 11.8 Å². The van der Waals surface area contributed by atoms with Crippen LogP contribution in [-0.2, 0) is 4.74 Å². The predicted molar refractivity (Wildman–Crippen MR) is 113 cm³/mol. The minimum absolute atomic E-state index is 0.0859. The summed E-state index contributed by atoms with van der Waals surface area (Å²) in [6, 6.07) is 18.7. The van der Waals surface area contributed by atoms with Gasteiger partial charge in [-0.15, -0.1) is 0 Å². The van der Waals surface area contributed by atoms with Crippen LogP contribution in [0.4, 0.5) is 0 Å². The van der Waals surface area contributed by atoms with E-state index in [-0.39, 0.29) is 12.6 Å². The SMILES string of the molecule is CC[C@@H](COC)n1cnc(-c2ccccc2)c1-c1ccc(C#CCCO)cc1. The number of hydrogen-bond acceptors (Lipinski definition) is 3.